The first-order chi connectivity index (χ1) is 12.5. The van der Waals surface area contributed by atoms with Crippen LogP contribution in [0.5, 0.6) is 0 Å². The largest absolute Gasteiger partial charge is 0.278 e. The molecule has 0 amide bonds. The molecule has 2 aromatic carbocycles. The highest BCUT2D eigenvalue weighted by atomic mass is 35.5. The van der Waals surface area contributed by atoms with E-state index in [2.05, 4.69) is 4.72 Å². The van der Waals surface area contributed by atoms with E-state index in [0.717, 1.165) is 6.07 Å². The summed E-state index contributed by atoms with van der Waals surface area (Å²) < 4.78 is 76.1. The second-order valence-electron chi connectivity index (χ2n) is 6.13. The van der Waals surface area contributed by atoms with Crippen molar-refractivity contribution in [1.82, 2.24) is 0 Å². The normalized spacial score (nSPS) is 19.7. The van der Waals surface area contributed by atoms with Gasteiger partial charge in [-0.05, 0) is 36.8 Å². The van der Waals surface area contributed by atoms with Crippen molar-refractivity contribution in [3.05, 3.63) is 53.6 Å². The second kappa shape index (κ2) is 7.08. The van der Waals surface area contributed by atoms with Crippen molar-refractivity contribution in [2.75, 3.05) is 16.2 Å². The maximum Gasteiger partial charge on any atom is 0.261 e. The molecule has 1 atom stereocenters. The van der Waals surface area contributed by atoms with E-state index >= 15 is 0 Å². The van der Waals surface area contributed by atoms with Crippen LogP contribution < -0.4 is 4.72 Å². The standard InChI is InChI=1S/C16H16ClNO6S3/c17-15-6-1-2-7-16(15)18-27(23,24)13-5-3-4-12(10-13)26(21,22)14-8-9-25(19,20)11-14/h1-7,10,14,18H,8-9,11H2. The van der Waals surface area contributed by atoms with Crippen molar-refractivity contribution < 1.29 is 25.3 Å². The van der Waals surface area contributed by atoms with Crippen molar-refractivity contribution in [3.63, 3.8) is 0 Å². The van der Waals surface area contributed by atoms with Crippen LogP contribution in [0.15, 0.2) is 58.3 Å². The average Bonchev–Trinajstić information content (AvgIpc) is 2.98. The van der Waals surface area contributed by atoms with Crippen LogP contribution in [-0.2, 0) is 29.7 Å². The van der Waals surface area contributed by atoms with Gasteiger partial charge in [0, 0.05) is 0 Å². The summed E-state index contributed by atoms with van der Waals surface area (Å²) in [7, 11) is -11.4. The van der Waals surface area contributed by atoms with Gasteiger partial charge in [0.2, 0.25) is 0 Å². The Labute approximate surface area is 163 Å². The molecule has 3 rings (SSSR count). The molecule has 146 valence electrons. The van der Waals surface area contributed by atoms with Crippen molar-refractivity contribution in [3.8, 4) is 0 Å². The van der Waals surface area contributed by atoms with E-state index < -0.39 is 40.7 Å². The number of rotatable bonds is 5. The number of sulfone groups is 2. The number of anilines is 1. The summed E-state index contributed by atoms with van der Waals surface area (Å²) in [5.41, 5.74) is 0.161. The molecule has 1 aliphatic heterocycles. The van der Waals surface area contributed by atoms with Gasteiger partial charge in [-0.15, -0.1) is 0 Å². The van der Waals surface area contributed by atoms with Gasteiger partial charge in [0.25, 0.3) is 10.0 Å². The van der Waals surface area contributed by atoms with E-state index in [1.807, 2.05) is 0 Å². The predicted molar refractivity (Wildman–Crippen MR) is 103 cm³/mol. The first-order valence-corrected chi connectivity index (χ1v) is 13.1. The zero-order chi connectivity index (χ0) is 19.9. The first-order valence-electron chi connectivity index (χ1n) is 7.83. The number of sulfonamides is 1. The molecule has 0 bridgehead atoms. The molecule has 1 fully saturated rings. The number of nitrogens with one attached hydrogen (secondary N) is 1. The summed E-state index contributed by atoms with van der Waals surface area (Å²) >= 11 is 5.95. The zero-order valence-corrected chi connectivity index (χ0v) is 17.1. The molecule has 0 aliphatic carbocycles. The average molecular weight is 450 g/mol. The van der Waals surface area contributed by atoms with Gasteiger partial charge < -0.3 is 0 Å². The van der Waals surface area contributed by atoms with E-state index in [-0.39, 0.29) is 32.7 Å². The van der Waals surface area contributed by atoms with Gasteiger partial charge in [0.05, 0.1) is 37.3 Å². The predicted octanol–water partition coefficient (Wildman–Crippen LogP) is 2.10. The molecule has 11 heteroatoms. The lowest BCUT2D eigenvalue weighted by atomic mass is 10.3. The molecule has 27 heavy (non-hydrogen) atoms. The molecule has 1 saturated heterocycles. The van der Waals surface area contributed by atoms with Crippen molar-refractivity contribution >= 4 is 47.0 Å². The van der Waals surface area contributed by atoms with Gasteiger partial charge in [0.1, 0.15) is 0 Å². The molecule has 0 aromatic heterocycles. The van der Waals surface area contributed by atoms with E-state index in [0.29, 0.717) is 0 Å². The Hall–Kier alpha value is -1.62. The third-order valence-electron chi connectivity index (χ3n) is 4.19. The van der Waals surface area contributed by atoms with E-state index in [1.54, 1.807) is 12.1 Å². The Bertz CT molecular complexity index is 1190. The quantitative estimate of drug-likeness (QED) is 0.747. The summed E-state index contributed by atoms with van der Waals surface area (Å²) in [6, 6.07) is 11.1. The monoisotopic (exact) mass is 449 g/mol. The summed E-state index contributed by atoms with van der Waals surface area (Å²) in [4.78, 5) is -0.490. The van der Waals surface area contributed by atoms with Gasteiger partial charge in [-0.2, -0.15) is 0 Å². The van der Waals surface area contributed by atoms with Crippen LogP contribution in [0.4, 0.5) is 5.69 Å². The van der Waals surface area contributed by atoms with Gasteiger partial charge in [-0.25, -0.2) is 25.3 Å². The van der Waals surface area contributed by atoms with Crippen molar-refractivity contribution in [2.45, 2.75) is 21.5 Å². The number of benzene rings is 2. The number of hydrogen-bond donors (Lipinski definition) is 1. The lowest BCUT2D eigenvalue weighted by Crippen LogP contribution is -2.23. The molecule has 0 spiro atoms. The van der Waals surface area contributed by atoms with Crippen LogP contribution in [0.3, 0.4) is 0 Å². The molecule has 7 nitrogen and oxygen atoms in total. The molecule has 2 aromatic rings. The minimum absolute atomic E-state index is 0.000479. The van der Waals surface area contributed by atoms with Crippen LogP contribution in [0.2, 0.25) is 5.02 Å². The summed E-state index contributed by atoms with van der Waals surface area (Å²) in [5, 5.41) is -0.877. The molecular formula is C16H16ClNO6S3. The summed E-state index contributed by atoms with van der Waals surface area (Å²) in [6.45, 7) is 0. The SMILES string of the molecule is O=S1(=O)CCC(S(=O)(=O)c2cccc(S(=O)(=O)Nc3ccccc3Cl)c2)C1. The first kappa shape index (κ1) is 20.1. The minimum Gasteiger partial charge on any atom is -0.278 e. The fourth-order valence-corrected chi connectivity index (χ4v) is 8.61. The van der Waals surface area contributed by atoms with Gasteiger partial charge in [-0.1, -0.05) is 29.8 Å². The second-order valence-corrected chi connectivity index (χ2v) is 12.7. The topological polar surface area (TPSA) is 114 Å². The third-order valence-corrected chi connectivity index (χ3v) is 10.1. The summed E-state index contributed by atoms with van der Waals surface area (Å²) in [6.07, 6.45) is -0.000479. The van der Waals surface area contributed by atoms with Crippen LogP contribution in [0.1, 0.15) is 6.42 Å². The maximum absolute atomic E-state index is 12.7. The molecule has 0 saturated carbocycles. The van der Waals surface area contributed by atoms with Gasteiger partial charge in [0.15, 0.2) is 19.7 Å². The van der Waals surface area contributed by atoms with Crippen LogP contribution >= 0.6 is 11.6 Å². The smallest absolute Gasteiger partial charge is 0.261 e. The molecule has 1 aliphatic rings. The maximum atomic E-state index is 12.7. The number of para-hydroxylation sites is 1. The fourth-order valence-electron chi connectivity index (χ4n) is 2.76. The van der Waals surface area contributed by atoms with Gasteiger partial charge in [-0.3, -0.25) is 4.72 Å². The highest BCUT2D eigenvalue weighted by Gasteiger charge is 2.38. The van der Waals surface area contributed by atoms with Crippen molar-refractivity contribution in [1.29, 1.82) is 0 Å². The van der Waals surface area contributed by atoms with Crippen molar-refractivity contribution in [2.24, 2.45) is 0 Å². The molecule has 1 N–H and O–H groups in total. The van der Waals surface area contributed by atoms with Crippen LogP contribution in [0.25, 0.3) is 0 Å². The Kier molecular flexibility index (Phi) is 5.28. The van der Waals surface area contributed by atoms with E-state index in [9.17, 15) is 25.3 Å². The fraction of sp³-hybridized carbons (Fsp3) is 0.250. The zero-order valence-electron chi connectivity index (χ0n) is 13.9. The Morgan fingerprint density at radius 2 is 1.63 bits per heavy atom. The third kappa shape index (κ3) is 4.29. The van der Waals surface area contributed by atoms with Gasteiger partial charge >= 0.3 is 0 Å². The highest BCUT2D eigenvalue weighted by molar-refractivity contribution is 7.96. The summed E-state index contributed by atoms with van der Waals surface area (Å²) in [5.74, 6) is -0.646. The van der Waals surface area contributed by atoms with Crippen LogP contribution in [-0.4, -0.2) is 42.0 Å². The molecule has 0 radical (unpaired) electrons. The van der Waals surface area contributed by atoms with E-state index in [4.69, 9.17) is 11.6 Å². The number of halogens is 1. The molecular weight excluding hydrogens is 434 g/mol. The lowest BCUT2D eigenvalue weighted by Gasteiger charge is -2.13. The molecule has 1 heterocycles. The highest BCUT2D eigenvalue weighted by Crippen LogP contribution is 2.28. The number of hydrogen-bond acceptors (Lipinski definition) is 6. The minimum atomic E-state index is -4.08. The Morgan fingerprint density at radius 3 is 2.26 bits per heavy atom. The Balaban J connectivity index is 1.95. The lowest BCUT2D eigenvalue weighted by molar-refractivity contribution is 0.582. The van der Waals surface area contributed by atoms with E-state index in [1.165, 1.54) is 30.3 Å². The molecule has 1 unspecified atom stereocenters. The Morgan fingerprint density at radius 1 is 0.963 bits per heavy atom. The van der Waals surface area contributed by atoms with Crippen LogP contribution in [0, 0.1) is 0 Å².